The highest BCUT2D eigenvalue weighted by Crippen LogP contribution is 2.15. The molecule has 1 aliphatic rings. The van der Waals surface area contributed by atoms with Crippen LogP contribution in [0.15, 0.2) is 18.2 Å². The Morgan fingerprint density at radius 1 is 1.37 bits per heavy atom. The number of amides is 1. The zero-order valence-corrected chi connectivity index (χ0v) is 12.1. The van der Waals surface area contributed by atoms with Crippen molar-refractivity contribution in [3.63, 3.8) is 0 Å². The number of hydrogen-bond donors (Lipinski definition) is 1. The first-order valence-corrected chi connectivity index (χ1v) is 6.34. The maximum Gasteiger partial charge on any atom is 0.253 e. The number of nitrogens with zero attached hydrogens (tertiary/aromatic N) is 1. The Morgan fingerprint density at radius 2 is 2.00 bits per heavy atom. The average molecular weight is 287 g/mol. The zero-order valence-electron chi connectivity index (χ0n) is 11.3. The zero-order chi connectivity index (χ0) is 13.1. The summed E-state index contributed by atoms with van der Waals surface area (Å²) < 4.78 is 13.4. The van der Waals surface area contributed by atoms with Crippen LogP contribution in [0.4, 0.5) is 4.39 Å². The third-order valence-electron chi connectivity index (χ3n) is 3.61. The molecule has 1 N–H and O–H groups in total. The number of nitrogens with one attached hydrogen (secondary N) is 1. The van der Waals surface area contributed by atoms with Gasteiger partial charge in [0.2, 0.25) is 0 Å². The maximum atomic E-state index is 13.4. The van der Waals surface area contributed by atoms with Crippen LogP contribution >= 0.6 is 12.4 Å². The van der Waals surface area contributed by atoms with Crippen LogP contribution < -0.4 is 5.32 Å². The fraction of sp³-hybridized carbons (Fsp3) is 0.500. The van der Waals surface area contributed by atoms with Gasteiger partial charge in [-0.05, 0) is 44.5 Å². The fourth-order valence-electron chi connectivity index (χ4n) is 2.28. The molecular weight excluding hydrogens is 267 g/mol. The van der Waals surface area contributed by atoms with Gasteiger partial charge < -0.3 is 10.2 Å². The molecule has 0 aromatic heterocycles. The molecule has 1 aromatic carbocycles. The third kappa shape index (κ3) is 3.67. The summed E-state index contributed by atoms with van der Waals surface area (Å²) in [5.41, 5.74) is 1.02. The number of likely N-dealkylation sites (tertiary alicyclic amines) is 1. The molecule has 19 heavy (non-hydrogen) atoms. The molecule has 3 nitrogen and oxygen atoms in total. The summed E-state index contributed by atoms with van der Waals surface area (Å²) in [6.07, 6.45) is 1.91. The minimum atomic E-state index is -0.314. The van der Waals surface area contributed by atoms with Gasteiger partial charge in [-0.15, -0.1) is 12.4 Å². The smallest absolute Gasteiger partial charge is 0.253 e. The number of carbonyl (C=O) groups is 1. The van der Waals surface area contributed by atoms with Gasteiger partial charge in [0.05, 0.1) is 0 Å². The van der Waals surface area contributed by atoms with Gasteiger partial charge >= 0.3 is 0 Å². The van der Waals surface area contributed by atoms with Crippen LogP contribution in [0, 0.1) is 12.7 Å². The highest BCUT2D eigenvalue weighted by atomic mass is 35.5. The van der Waals surface area contributed by atoms with Crippen LogP contribution in [0.1, 0.15) is 28.8 Å². The Kier molecular flexibility index (Phi) is 5.76. The van der Waals surface area contributed by atoms with E-state index in [0.717, 1.165) is 25.9 Å². The highest BCUT2D eigenvalue weighted by Gasteiger charge is 2.22. The summed E-state index contributed by atoms with van der Waals surface area (Å²) in [6, 6.07) is 5.18. The molecule has 1 aliphatic heterocycles. The van der Waals surface area contributed by atoms with Gasteiger partial charge in [0.25, 0.3) is 5.91 Å². The largest absolute Gasteiger partial charge is 0.339 e. The average Bonchev–Trinajstić information content (AvgIpc) is 2.41. The topological polar surface area (TPSA) is 32.3 Å². The van der Waals surface area contributed by atoms with Crippen LogP contribution in [0.5, 0.6) is 0 Å². The molecular formula is C14H20ClFN2O. The first kappa shape index (κ1) is 15.9. The van der Waals surface area contributed by atoms with Crippen LogP contribution in [0.25, 0.3) is 0 Å². The highest BCUT2D eigenvalue weighted by molar-refractivity contribution is 5.94. The lowest BCUT2D eigenvalue weighted by molar-refractivity contribution is 0.0707. The second-order valence-corrected chi connectivity index (χ2v) is 4.82. The van der Waals surface area contributed by atoms with Crippen molar-refractivity contribution in [1.29, 1.82) is 0 Å². The van der Waals surface area contributed by atoms with E-state index in [4.69, 9.17) is 0 Å². The van der Waals surface area contributed by atoms with Gasteiger partial charge in [-0.2, -0.15) is 0 Å². The van der Waals surface area contributed by atoms with E-state index in [1.165, 1.54) is 6.07 Å². The maximum absolute atomic E-state index is 13.4. The van der Waals surface area contributed by atoms with E-state index >= 15 is 0 Å². The second kappa shape index (κ2) is 6.87. The first-order valence-electron chi connectivity index (χ1n) is 6.34. The van der Waals surface area contributed by atoms with E-state index in [-0.39, 0.29) is 24.1 Å². The molecule has 1 amide bonds. The molecule has 0 unspecified atom stereocenters. The van der Waals surface area contributed by atoms with Crippen molar-refractivity contribution < 1.29 is 9.18 Å². The van der Waals surface area contributed by atoms with Gasteiger partial charge in [0, 0.05) is 24.7 Å². The number of halogens is 2. The molecule has 106 valence electrons. The van der Waals surface area contributed by atoms with Crippen LogP contribution in [0.2, 0.25) is 0 Å². The van der Waals surface area contributed by atoms with Crippen molar-refractivity contribution in [2.75, 3.05) is 20.1 Å². The third-order valence-corrected chi connectivity index (χ3v) is 3.61. The Balaban J connectivity index is 0.00000180. The number of aryl methyl sites for hydroxylation is 1. The number of hydrogen-bond acceptors (Lipinski definition) is 2. The van der Waals surface area contributed by atoms with Crippen molar-refractivity contribution in [3.8, 4) is 0 Å². The molecule has 1 aromatic rings. The monoisotopic (exact) mass is 286 g/mol. The van der Waals surface area contributed by atoms with Crippen LogP contribution in [-0.4, -0.2) is 37.0 Å². The Bertz CT molecular complexity index is 445. The standard InChI is InChI=1S/C14H19FN2O.ClH/c1-10-3-4-11(9-13(10)15)14(18)17-7-5-12(16-2)6-8-17;/h3-4,9,12,16H,5-8H2,1-2H3;1H. The van der Waals surface area contributed by atoms with Crippen LogP contribution in [0.3, 0.4) is 0 Å². The van der Waals surface area contributed by atoms with Gasteiger partial charge in [0.15, 0.2) is 0 Å². The Morgan fingerprint density at radius 3 is 2.53 bits per heavy atom. The predicted molar refractivity (Wildman–Crippen MR) is 76.4 cm³/mol. The van der Waals surface area contributed by atoms with Gasteiger partial charge in [-0.25, -0.2) is 4.39 Å². The normalized spacial score (nSPS) is 16.1. The van der Waals surface area contributed by atoms with E-state index < -0.39 is 0 Å². The minimum absolute atomic E-state index is 0. The molecule has 0 bridgehead atoms. The summed E-state index contributed by atoms with van der Waals surface area (Å²) in [4.78, 5) is 14.0. The molecule has 0 radical (unpaired) electrons. The summed E-state index contributed by atoms with van der Waals surface area (Å²) in [5.74, 6) is -0.380. The van der Waals surface area contributed by atoms with Crippen molar-refractivity contribution in [1.82, 2.24) is 10.2 Å². The molecule has 2 rings (SSSR count). The van der Waals surface area contributed by atoms with Gasteiger partial charge in [0.1, 0.15) is 5.82 Å². The number of carbonyl (C=O) groups excluding carboxylic acids is 1. The number of rotatable bonds is 2. The van der Waals surface area contributed by atoms with E-state index in [9.17, 15) is 9.18 Å². The predicted octanol–water partition coefficient (Wildman–Crippen LogP) is 2.38. The minimum Gasteiger partial charge on any atom is -0.339 e. The Labute approximate surface area is 119 Å². The molecule has 1 saturated heterocycles. The summed E-state index contributed by atoms with van der Waals surface area (Å²) >= 11 is 0. The summed E-state index contributed by atoms with van der Waals surface area (Å²) in [7, 11) is 1.94. The second-order valence-electron chi connectivity index (χ2n) is 4.82. The quantitative estimate of drug-likeness (QED) is 0.905. The lowest BCUT2D eigenvalue weighted by Crippen LogP contribution is -2.43. The number of benzene rings is 1. The van der Waals surface area contributed by atoms with E-state index in [1.807, 2.05) is 7.05 Å². The first-order chi connectivity index (χ1) is 8.61. The lowest BCUT2D eigenvalue weighted by Gasteiger charge is -2.31. The lowest BCUT2D eigenvalue weighted by atomic mass is 10.0. The molecule has 0 atom stereocenters. The van der Waals surface area contributed by atoms with Crippen molar-refractivity contribution >= 4 is 18.3 Å². The van der Waals surface area contributed by atoms with Crippen LogP contribution in [-0.2, 0) is 0 Å². The van der Waals surface area contributed by atoms with Gasteiger partial charge in [-0.3, -0.25) is 4.79 Å². The molecule has 0 aliphatic carbocycles. The molecule has 0 spiro atoms. The summed E-state index contributed by atoms with van der Waals surface area (Å²) in [5, 5.41) is 3.22. The summed E-state index contributed by atoms with van der Waals surface area (Å²) in [6.45, 7) is 3.17. The van der Waals surface area contributed by atoms with Gasteiger partial charge in [-0.1, -0.05) is 6.07 Å². The molecule has 0 saturated carbocycles. The van der Waals surface area contributed by atoms with E-state index in [2.05, 4.69) is 5.32 Å². The molecule has 5 heteroatoms. The van der Waals surface area contributed by atoms with E-state index in [1.54, 1.807) is 24.0 Å². The van der Waals surface area contributed by atoms with Crippen molar-refractivity contribution in [2.45, 2.75) is 25.8 Å². The molecule has 1 heterocycles. The Hall–Kier alpha value is -1.13. The van der Waals surface area contributed by atoms with Crippen molar-refractivity contribution in [2.24, 2.45) is 0 Å². The SMILES string of the molecule is CNC1CCN(C(=O)c2ccc(C)c(F)c2)CC1.Cl. The van der Waals surface area contributed by atoms with Crippen molar-refractivity contribution in [3.05, 3.63) is 35.1 Å². The fourth-order valence-corrected chi connectivity index (χ4v) is 2.28. The number of piperidine rings is 1. The van der Waals surface area contributed by atoms with E-state index in [0.29, 0.717) is 17.2 Å². The molecule has 1 fully saturated rings.